The minimum atomic E-state index is 0.289. The quantitative estimate of drug-likeness (QED) is 0.604. The number of rotatable bonds is 4. The van der Waals surface area contributed by atoms with Crippen molar-refractivity contribution in [2.24, 2.45) is 5.84 Å². The Bertz CT molecular complexity index is 333. The molecule has 94 valence electrons. The summed E-state index contributed by atoms with van der Waals surface area (Å²) in [5.41, 5.74) is 4.20. The minimum absolute atomic E-state index is 0.289. The molecule has 2 heterocycles. The van der Waals surface area contributed by atoms with Gasteiger partial charge in [-0.2, -0.15) is 11.8 Å². The van der Waals surface area contributed by atoms with Crippen molar-refractivity contribution in [3.63, 3.8) is 0 Å². The highest BCUT2D eigenvalue weighted by Gasteiger charge is 2.27. The Morgan fingerprint density at radius 2 is 2.59 bits per heavy atom. The Kier molecular flexibility index (Phi) is 4.79. The Labute approximate surface area is 107 Å². The first-order valence-corrected chi connectivity index (χ1v) is 7.09. The zero-order valence-corrected chi connectivity index (χ0v) is 11.0. The molecular weight excluding hydrogens is 232 g/mol. The van der Waals surface area contributed by atoms with E-state index in [1.54, 1.807) is 6.20 Å². The van der Waals surface area contributed by atoms with E-state index < -0.39 is 0 Å². The number of thioether (sulfide) groups is 1. The number of likely N-dealkylation sites (N-methyl/N-ethyl adjacent to an activating group) is 1. The maximum atomic E-state index is 5.71. The number of nitrogens with two attached hydrogens (primary N) is 1. The fraction of sp³-hybridized carbons (Fsp3) is 0.583. The molecule has 1 aromatic rings. The predicted molar refractivity (Wildman–Crippen MR) is 72.8 cm³/mol. The van der Waals surface area contributed by atoms with E-state index in [0.717, 1.165) is 18.7 Å². The number of hydrazine groups is 1. The summed E-state index contributed by atoms with van der Waals surface area (Å²) in [6.45, 7) is 1.14. The van der Waals surface area contributed by atoms with Gasteiger partial charge in [-0.25, -0.2) is 0 Å². The van der Waals surface area contributed by atoms with E-state index in [-0.39, 0.29) is 6.04 Å². The first kappa shape index (κ1) is 12.8. The predicted octanol–water partition coefficient (Wildman–Crippen LogP) is 0.503. The van der Waals surface area contributed by atoms with Crippen LogP contribution in [0.2, 0.25) is 0 Å². The summed E-state index contributed by atoms with van der Waals surface area (Å²) in [4.78, 5) is 6.55. The molecule has 2 unspecified atom stereocenters. The zero-order valence-electron chi connectivity index (χ0n) is 10.2. The van der Waals surface area contributed by atoms with Crippen LogP contribution in [0, 0.1) is 0 Å². The van der Waals surface area contributed by atoms with E-state index in [9.17, 15) is 0 Å². The smallest absolute Gasteiger partial charge is 0.0414 e. The Hall–Kier alpha value is -0.620. The van der Waals surface area contributed by atoms with Gasteiger partial charge in [0.2, 0.25) is 0 Å². The van der Waals surface area contributed by atoms with Gasteiger partial charge in [0.05, 0.1) is 0 Å². The molecule has 0 spiro atoms. The van der Waals surface area contributed by atoms with Crippen LogP contribution in [-0.2, 0) is 6.42 Å². The zero-order chi connectivity index (χ0) is 12.1. The molecule has 1 aliphatic rings. The van der Waals surface area contributed by atoms with Crippen molar-refractivity contribution in [2.45, 2.75) is 18.5 Å². The summed E-state index contributed by atoms with van der Waals surface area (Å²) >= 11 is 2.01. The maximum Gasteiger partial charge on any atom is 0.0414 e. The number of aromatic nitrogens is 1. The topological polar surface area (TPSA) is 54.2 Å². The molecule has 5 heteroatoms. The summed E-state index contributed by atoms with van der Waals surface area (Å²) in [6, 6.07) is 4.87. The lowest BCUT2D eigenvalue weighted by Crippen LogP contribution is -2.55. The first-order chi connectivity index (χ1) is 8.31. The van der Waals surface area contributed by atoms with Gasteiger partial charge in [0.1, 0.15) is 0 Å². The van der Waals surface area contributed by atoms with E-state index in [1.165, 1.54) is 11.3 Å². The average molecular weight is 252 g/mol. The van der Waals surface area contributed by atoms with Crippen LogP contribution in [0.5, 0.6) is 0 Å². The van der Waals surface area contributed by atoms with Crippen molar-refractivity contribution in [1.29, 1.82) is 0 Å². The average Bonchev–Trinajstić information content (AvgIpc) is 2.38. The summed E-state index contributed by atoms with van der Waals surface area (Å²) in [6.07, 6.45) is 4.65. The van der Waals surface area contributed by atoms with Crippen LogP contribution in [0.1, 0.15) is 5.56 Å². The van der Waals surface area contributed by atoms with Crippen LogP contribution in [0.4, 0.5) is 0 Å². The van der Waals surface area contributed by atoms with E-state index >= 15 is 0 Å². The molecule has 1 saturated heterocycles. The first-order valence-electron chi connectivity index (χ1n) is 5.94. The SMILES string of the molecule is CN1CCSCC1C(Cc1cccnc1)NN. The second kappa shape index (κ2) is 6.35. The van der Waals surface area contributed by atoms with Crippen molar-refractivity contribution in [3.8, 4) is 0 Å². The van der Waals surface area contributed by atoms with Crippen LogP contribution in [0.3, 0.4) is 0 Å². The summed E-state index contributed by atoms with van der Waals surface area (Å²) < 4.78 is 0. The molecule has 17 heavy (non-hydrogen) atoms. The van der Waals surface area contributed by atoms with Gasteiger partial charge in [-0.15, -0.1) is 0 Å². The fourth-order valence-corrected chi connectivity index (χ4v) is 3.52. The highest BCUT2D eigenvalue weighted by molar-refractivity contribution is 7.99. The van der Waals surface area contributed by atoms with Crippen LogP contribution < -0.4 is 11.3 Å². The van der Waals surface area contributed by atoms with Gasteiger partial charge < -0.3 is 4.90 Å². The molecule has 1 aliphatic heterocycles. The van der Waals surface area contributed by atoms with Crippen LogP contribution in [0.15, 0.2) is 24.5 Å². The number of pyridine rings is 1. The van der Waals surface area contributed by atoms with Crippen LogP contribution in [-0.4, -0.2) is 47.1 Å². The second-order valence-corrected chi connectivity index (χ2v) is 5.61. The van der Waals surface area contributed by atoms with Crippen LogP contribution >= 0.6 is 11.8 Å². The minimum Gasteiger partial charge on any atom is -0.300 e. The van der Waals surface area contributed by atoms with Gasteiger partial charge in [0.15, 0.2) is 0 Å². The van der Waals surface area contributed by atoms with Crippen molar-refractivity contribution in [3.05, 3.63) is 30.1 Å². The summed E-state index contributed by atoms with van der Waals surface area (Å²) in [5.74, 6) is 8.07. The van der Waals surface area contributed by atoms with Crippen molar-refractivity contribution in [1.82, 2.24) is 15.3 Å². The monoisotopic (exact) mass is 252 g/mol. The lowest BCUT2D eigenvalue weighted by atomic mass is 10.0. The summed E-state index contributed by atoms with van der Waals surface area (Å²) in [5, 5.41) is 0. The third-order valence-corrected chi connectivity index (χ3v) is 4.35. The molecule has 2 rings (SSSR count). The largest absolute Gasteiger partial charge is 0.300 e. The molecule has 0 radical (unpaired) electrons. The second-order valence-electron chi connectivity index (χ2n) is 4.46. The van der Waals surface area contributed by atoms with Crippen molar-refractivity contribution < 1.29 is 0 Å². The number of hydrogen-bond donors (Lipinski definition) is 2. The van der Waals surface area contributed by atoms with E-state index in [0.29, 0.717) is 6.04 Å². The van der Waals surface area contributed by atoms with Gasteiger partial charge in [-0.3, -0.25) is 16.3 Å². The molecular formula is C12H20N4S. The van der Waals surface area contributed by atoms with Gasteiger partial charge in [-0.1, -0.05) is 6.07 Å². The Morgan fingerprint density at radius 1 is 1.71 bits per heavy atom. The number of nitrogens with zero attached hydrogens (tertiary/aromatic N) is 2. The highest BCUT2D eigenvalue weighted by atomic mass is 32.2. The fourth-order valence-electron chi connectivity index (χ4n) is 2.21. The summed E-state index contributed by atoms with van der Waals surface area (Å²) in [7, 11) is 2.18. The molecule has 4 nitrogen and oxygen atoms in total. The Morgan fingerprint density at radius 3 is 3.24 bits per heavy atom. The molecule has 0 amide bonds. The van der Waals surface area contributed by atoms with Gasteiger partial charge in [0.25, 0.3) is 0 Å². The van der Waals surface area contributed by atoms with Crippen molar-refractivity contribution in [2.75, 3.05) is 25.1 Å². The number of hydrogen-bond acceptors (Lipinski definition) is 5. The highest BCUT2D eigenvalue weighted by Crippen LogP contribution is 2.19. The van der Waals surface area contributed by atoms with Crippen LogP contribution in [0.25, 0.3) is 0 Å². The van der Waals surface area contributed by atoms with E-state index in [1.807, 2.05) is 24.0 Å². The van der Waals surface area contributed by atoms with Gasteiger partial charge in [-0.05, 0) is 25.1 Å². The van der Waals surface area contributed by atoms with E-state index in [4.69, 9.17) is 5.84 Å². The molecule has 0 saturated carbocycles. The standard InChI is InChI=1S/C12H20N4S/c1-16-5-6-17-9-12(16)11(15-13)7-10-3-2-4-14-8-10/h2-4,8,11-12,15H,5-7,9,13H2,1H3. The normalized spacial score (nSPS) is 23.5. The van der Waals surface area contributed by atoms with Gasteiger partial charge in [0, 0.05) is 42.5 Å². The number of nitrogens with one attached hydrogen (secondary N) is 1. The molecule has 0 aliphatic carbocycles. The molecule has 0 bridgehead atoms. The maximum absolute atomic E-state index is 5.71. The molecule has 1 fully saturated rings. The third kappa shape index (κ3) is 3.42. The van der Waals surface area contributed by atoms with Crippen molar-refractivity contribution >= 4 is 11.8 Å². The van der Waals surface area contributed by atoms with E-state index in [2.05, 4.69) is 28.4 Å². The molecule has 0 aromatic carbocycles. The third-order valence-electron chi connectivity index (χ3n) is 3.30. The lowest BCUT2D eigenvalue weighted by Gasteiger charge is -2.37. The molecule has 3 N–H and O–H groups in total. The van der Waals surface area contributed by atoms with Gasteiger partial charge >= 0.3 is 0 Å². The lowest BCUT2D eigenvalue weighted by molar-refractivity contribution is 0.214. The molecule has 1 aromatic heterocycles. The molecule has 2 atom stereocenters. The Balaban J connectivity index is 2.00.